The molecule has 0 radical (unpaired) electrons. The summed E-state index contributed by atoms with van der Waals surface area (Å²) in [6.07, 6.45) is -10.8. The molecule has 0 aliphatic carbocycles. The van der Waals surface area contributed by atoms with Gasteiger partial charge in [0.15, 0.2) is 0 Å². The molecule has 0 fully saturated rings. The molecule has 0 saturated carbocycles. The van der Waals surface area contributed by atoms with E-state index < -0.39 is 98.9 Å². The van der Waals surface area contributed by atoms with Gasteiger partial charge in [0.05, 0.1) is 33.0 Å². The second-order valence-corrected chi connectivity index (χ2v) is 7.50. The van der Waals surface area contributed by atoms with Crippen molar-refractivity contribution in [3.8, 4) is 0 Å². The largest absolute Gasteiger partial charge is 0.460 e. The van der Waals surface area contributed by atoms with Crippen LogP contribution in [-0.4, -0.2) is 97.6 Å². The van der Waals surface area contributed by atoms with Crippen LogP contribution in [0.1, 0.15) is 6.42 Å². The van der Waals surface area contributed by atoms with E-state index in [1.54, 1.807) is 0 Å². The Bertz CT molecular complexity index is 834. The number of hydrogen-bond acceptors (Lipinski definition) is 3. The lowest BCUT2D eigenvalue weighted by Gasteiger charge is -2.44. The summed E-state index contributed by atoms with van der Waals surface area (Å²) in [4.78, 5) is 0. The van der Waals surface area contributed by atoms with Crippen molar-refractivity contribution in [2.24, 2.45) is 0 Å². The van der Waals surface area contributed by atoms with Crippen LogP contribution >= 0.6 is 0 Å². The average molecular weight is 652 g/mol. The van der Waals surface area contributed by atoms with Gasteiger partial charge in [-0.3, -0.25) is 0 Å². The van der Waals surface area contributed by atoms with Gasteiger partial charge in [0.1, 0.15) is 0 Å². The molecule has 40 heavy (non-hydrogen) atoms. The van der Waals surface area contributed by atoms with Crippen molar-refractivity contribution in [3.63, 3.8) is 0 Å². The van der Waals surface area contributed by atoms with Crippen LogP contribution in [-0.2, 0) is 9.47 Å². The van der Waals surface area contributed by atoms with Gasteiger partial charge >= 0.3 is 59.5 Å². The number of hydrogen-bond donors (Lipinski definition) is 1. The third-order valence-corrected chi connectivity index (χ3v) is 4.74. The highest BCUT2D eigenvalue weighted by Crippen LogP contribution is 2.66. The smallest absolute Gasteiger partial charge is 0.394 e. The third kappa shape index (κ3) is 5.71. The lowest BCUT2D eigenvalue weighted by molar-refractivity contribution is -0.474. The summed E-state index contributed by atoms with van der Waals surface area (Å²) in [6.45, 7) is -4.31. The Morgan fingerprint density at radius 2 is 0.625 bits per heavy atom. The minimum absolute atomic E-state index is 0.406. The van der Waals surface area contributed by atoms with Gasteiger partial charge in [-0.15, -0.1) is 0 Å². The summed E-state index contributed by atoms with van der Waals surface area (Å²) in [5, 5.41) is 8.33. The predicted molar refractivity (Wildman–Crippen MR) is 83.9 cm³/mol. The first-order valence-electron chi connectivity index (χ1n) is 9.54. The van der Waals surface area contributed by atoms with E-state index in [-0.39, 0.29) is 0 Å². The van der Waals surface area contributed by atoms with Crippen LogP contribution in [0, 0.1) is 0 Å². The van der Waals surface area contributed by atoms with Crippen LogP contribution in [0.25, 0.3) is 0 Å². The van der Waals surface area contributed by atoms with Crippen molar-refractivity contribution < 1.29 is 107 Å². The molecule has 3 nitrogen and oxygen atoms in total. The Morgan fingerprint density at radius 3 is 0.925 bits per heavy atom. The third-order valence-electron chi connectivity index (χ3n) is 4.74. The fraction of sp³-hybridized carbons (Fsp3) is 1.00. The van der Waals surface area contributed by atoms with E-state index in [1.807, 2.05) is 0 Å². The molecule has 0 aromatic heterocycles. The van der Waals surface area contributed by atoms with E-state index in [0.29, 0.717) is 0 Å². The molecular weight excluding hydrogens is 639 g/mol. The second-order valence-electron chi connectivity index (χ2n) is 7.50. The van der Waals surface area contributed by atoms with E-state index in [4.69, 9.17) is 5.11 Å². The highest BCUT2D eigenvalue weighted by Gasteiger charge is 2.97. The first-order valence-corrected chi connectivity index (χ1v) is 9.54. The maximum Gasteiger partial charge on any atom is 0.460 e. The molecule has 0 aliphatic rings. The van der Waals surface area contributed by atoms with E-state index in [0.717, 1.165) is 0 Å². The summed E-state index contributed by atoms with van der Waals surface area (Å²) >= 11 is 0. The Hall–Kier alpha value is -1.59. The number of aliphatic hydroxyl groups is 1. The van der Waals surface area contributed by atoms with Gasteiger partial charge in [-0.25, -0.2) is 0 Å². The van der Waals surface area contributed by atoms with Crippen molar-refractivity contribution in [1.29, 1.82) is 0 Å². The van der Waals surface area contributed by atoms with Crippen LogP contribution in [0.2, 0.25) is 0 Å². The van der Waals surface area contributed by atoms with Crippen LogP contribution < -0.4 is 0 Å². The first kappa shape index (κ1) is 38.4. The quantitative estimate of drug-likeness (QED) is 0.150. The lowest BCUT2D eigenvalue weighted by Crippen LogP contribution is -2.76. The Balaban J connectivity index is 6.46. The Morgan fingerprint density at radius 1 is 0.350 bits per heavy atom. The van der Waals surface area contributed by atoms with Gasteiger partial charge in [0, 0.05) is 6.42 Å². The van der Waals surface area contributed by atoms with Gasteiger partial charge in [0.25, 0.3) is 0 Å². The molecule has 24 heteroatoms. The summed E-state index contributed by atoms with van der Waals surface area (Å²) in [6, 6.07) is 0. The molecule has 0 heterocycles. The number of rotatable bonds is 16. The van der Waals surface area contributed by atoms with Crippen LogP contribution in [0.3, 0.4) is 0 Å². The van der Waals surface area contributed by atoms with Crippen molar-refractivity contribution >= 4 is 0 Å². The maximum atomic E-state index is 13.7. The molecule has 0 bridgehead atoms. The highest BCUT2D eigenvalue weighted by molar-refractivity contribution is 5.17. The van der Waals surface area contributed by atoms with Crippen LogP contribution in [0.5, 0.6) is 0 Å². The fourth-order valence-electron chi connectivity index (χ4n) is 2.33. The van der Waals surface area contributed by atoms with Gasteiger partial charge < -0.3 is 14.6 Å². The van der Waals surface area contributed by atoms with E-state index in [9.17, 15) is 92.2 Å². The van der Waals surface area contributed by atoms with E-state index >= 15 is 0 Å². The number of halogens is 21. The Kier molecular flexibility index (Phi) is 10.8. The molecule has 0 unspecified atom stereocenters. The van der Waals surface area contributed by atoms with Gasteiger partial charge in [0.2, 0.25) is 0 Å². The standard InChI is InChI=1S/C16H13F21O3/c17-7(18,1-3-39-5-6-40-4-2-38)8(19,20)9(21,22)10(23,24)11(25,26)12(27,28)13(29,30)14(31,32)15(33,34)16(35,36)37/h38H,1-6H2. The molecule has 1 N–H and O–H groups in total. The number of alkyl halides is 21. The minimum atomic E-state index is -9.19. The fourth-order valence-corrected chi connectivity index (χ4v) is 2.33. The zero-order chi connectivity index (χ0) is 32.7. The summed E-state index contributed by atoms with van der Waals surface area (Å²) in [7, 11) is 0. The summed E-state index contributed by atoms with van der Waals surface area (Å²) in [5.41, 5.74) is 0. The van der Waals surface area contributed by atoms with Crippen molar-refractivity contribution in [2.75, 3.05) is 33.0 Å². The molecule has 0 amide bonds. The number of aliphatic hydroxyl groups excluding tert-OH is 1. The molecule has 242 valence electrons. The summed E-state index contributed by atoms with van der Waals surface area (Å²) < 4.78 is 286. The zero-order valence-corrected chi connectivity index (χ0v) is 18.4. The minimum Gasteiger partial charge on any atom is -0.394 e. The van der Waals surface area contributed by atoms with E-state index in [1.165, 1.54) is 0 Å². The van der Waals surface area contributed by atoms with Crippen LogP contribution in [0.4, 0.5) is 92.2 Å². The molecular formula is C16H13F21O3. The van der Waals surface area contributed by atoms with Gasteiger partial charge in [-0.1, -0.05) is 0 Å². The highest BCUT2D eigenvalue weighted by atomic mass is 19.4. The van der Waals surface area contributed by atoms with Crippen molar-refractivity contribution in [2.45, 2.75) is 65.9 Å². The number of ether oxygens (including phenoxy) is 2. The zero-order valence-electron chi connectivity index (χ0n) is 18.4. The average Bonchev–Trinajstić information content (AvgIpc) is 2.76. The molecule has 0 saturated heterocycles. The molecule has 0 aromatic rings. The lowest BCUT2D eigenvalue weighted by atomic mass is 9.86. The van der Waals surface area contributed by atoms with Crippen molar-refractivity contribution in [3.05, 3.63) is 0 Å². The second kappa shape index (κ2) is 11.2. The maximum absolute atomic E-state index is 13.7. The monoisotopic (exact) mass is 652 g/mol. The first-order chi connectivity index (χ1) is 17.3. The molecule has 0 atom stereocenters. The molecule has 0 spiro atoms. The predicted octanol–water partition coefficient (Wildman–Crippen LogP) is 6.68. The van der Waals surface area contributed by atoms with Crippen molar-refractivity contribution in [1.82, 2.24) is 0 Å². The normalized spacial score (nSPS) is 16.1. The van der Waals surface area contributed by atoms with Gasteiger partial charge in [-0.2, -0.15) is 92.2 Å². The Labute approximate surface area is 207 Å². The molecule has 0 aromatic carbocycles. The topological polar surface area (TPSA) is 38.7 Å². The summed E-state index contributed by atoms with van der Waals surface area (Å²) in [5.74, 6) is -77.0. The SMILES string of the molecule is OCCOCCOCCC(F)(F)C(F)(F)C(F)(F)C(F)(F)C(F)(F)C(F)(F)C(F)(F)C(F)(F)C(F)(F)C(F)(F)F. The van der Waals surface area contributed by atoms with Crippen LogP contribution in [0.15, 0.2) is 0 Å². The van der Waals surface area contributed by atoms with E-state index in [2.05, 4.69) is 9.47 Å². The van der Waals surface area contributed by atoms with Gasteiger partial charge in [-0.05, 0) is 0 Å². The molecule has 0 rings (SSSR count). The molecule has 0 aliphatic heterocycles.